The summed E-state index contributed by atoms with van der Waals surface area (Å²) >= 11 is 1.22. The summed E-state index contributed by atoms with van der Waals surface area (Å²) in [5, 5.41) is 0. The molecule has 0 bridgehead atoms. The fourth-order valence-corrected chi connectivity index (χ4v) is 5.19. The smallest absolute Gasteiger partial charge is 0.309 e. The average molecular weight is 495 g/mol. The largest absolute Gasteiger partial charge is 0.475 e. The van der Waals surface area contributed by atoms with Crippen molar-refractivity contribution < 1.29 is 18.8 Å². The molecule has 0 N–H and O–H groups in total. The number of unbranched alkanes of at least 4 members (excludes halogenated alkanes) is 9. The maximum Gasteiger partial charge on any atom is 0.309 e. The van der Waals surface area contributed by atoms with Gasteiger partial charge in [0.15, 0.2) is 0 Å². The standard InChI is InChI=1S/C27H48N3O3S/c1-5-8-10-12-13-14-15-19-24(33-25(31)7-3)30(4)20-17-18-23(22-30)26-27(29-34-28-26)32-21-16-11-9-6-2/h18,24H,5-17,19-22H2,1-4H3/q+1. The molecule has 2 atom stereocenters. The monoisotopic (exact) mass is 494 g/mol. The van der Waals surface area contributed by atoms with Crippen LogP contribution in [0.15, 0.2) is 6.08 Å². The first-order valence-corrected chi connectivity index (χ1v) is 14.5. The highest BCUT2D eigenvalue weighted by atomic mass is 32.1. The molecule has 0 spiro atoms. The molecule has 2 rings (SSSR count). The van der Waals surface area contributed by atoms with Gasteiger partial charge in [0.05, 0.1) is 31.9 Å². The van der Waals surface area contributed by atoms with Crippen LogP contribution in [0.2, 0.25) is 0 Å². The molecule has 0 aliphatic carbocycles. The van der Waals surface area contributed by atoms with Gasteiger partial charge in [-0.05, 0) is 12.8 Å². The molecule has 6 nitrogen and oxygen atoms in total. The molecule has 34 heavy (non-hydrogen) atoms. The lowest BCUT2D eigenvalue weighted by Gasteiger charge is -2.42. The molecule has 1 aliphatic heterocycles. The zero-order chi connectivity index (χ0) is 24.7. The molecule has 1 aromatic rings. The van der Waals surface area contributed by atoms with E-state index in [1.165, 1.54) is 75.1 Å². The third kappa shape index (κ3) is 9.65. The van der Waals surface area contributed by atoms with E-state index in [9.17, 15) is 4.79 Å². The van der Waals surface area contributed by atoms with E-state index in [2.05, 4.69) is 35.7 Å². The second kappa shape index (κ2) is 16.2. The molecule has 0 fully saturated rings. The molecule has 7 heteroatoms. The first kappa shape index (κ1) is 28.8. The van der Waals surface area contributed by atoms with E-state index in [1.54, 1.807) is 0 Å². The second-order valence-corrected chi connectivity index (χ2v) is 10.4. The number of carbonyl (C=O) groups excluding carboxylic acids is 1. The molecule has 194 valence electrons. The number of esters is 1. The second-order valence-electron chi connectivity index (χ2n) is 9.91. The number of likely N-dealkylation sites (N-methyl/N-ethyl adjacent to an activating group) is 1. The Labute approximate surface area is 212 Å². The Kier molecular flexibility index (Phi) is 13.7. The van der Waals surface area contributed by atoms with Gasteiger partial charge < -0.3 is 9.47 Å². The maximum atomic E-state index is 12.3. The molecular weight excluding hydrogens is 446 g/mol. The molecular formula is C27H48N3O3S+. The highest BCUT2D eigenvalue weighted by Crippen LogP contribution is 2.33. The lowest BCUT2D eigenvalue weighted by molar-refractivity contribution is -0.947. The van der Waals surface area contributed by atoms with Crippen molar-refractivity contribution >= 4 is 23.3 Å². The van der Waals surface area contributed by atoms with Crippen molar-refractivity contribution in [2.75, 3.05) is 26.7 Å². The van der Waals surface area contributed by atoms with Gasteiger partial charge in [-0.3, -0.25) is 9.28 Å². The molecule has 0 radical (unpaired) electrons. The van der Waals surface area contributed by atoms with E-state index in [1.807, 2.05) is 6.92 Å². The van der Waals surface area contributed by atoms with E-state index in [-0.39, 0.29) is 12.2 Å². The van der Waals surface area contributed by atoms with Crippen LogP contribution in [0, 0.1) is 0 Å². The molecule has 2 unspecified atom stereocenters. The van der Waals surface area contributed by atoms with Gasteiger partial charge in [-0.15, -0.1) is 4.37 Å². The van der Waals surface area contributed by atoms with Crippen LogP contribution in [0.4, 0.5) is 0 Å². The Bertz CT molecular complexity index is 736. The van der Waals surface area contributed by atoms with E-state index in [4.69, 9.17) is 9.47 Å². The van der Waals surface area contributed by atoms with E-state index >= 15 is 0 Å². The van der Waals surface area contributed by atoms with Gasteiger partial charge in [0.25, 0.3) is 5.88 Å². The highest BCUT2D eigenvalue weighted by molar-refractivity contribution is 6.99. The summed E-state index contributed by atoms with van der Waals surface area (Å²) in [7, 11) is 2.23. The van der Waals surface area contributed by atoms with Crippen LogP contribution < -0.4 is 4.74 Å². The van der Waals surface area contributed by atoms with E-state index in [0.29, 0.717) is 23.4 Å². The summed E-state index contributed by atoms with van der Waals surface area (Å²) in [5.74, 6) is 0.560. The van der Waals surface area contributed by atoms with Crippen LogP contribution in [0.5, 0.6) is 5.88 Å². The van der Waals surface area contributed by atoms with Crippen molar-refractivity contribution in [3.63, 3.8) is 0 Å². The fraction of sp³-hybridized carbons (Fsp3) is 0.815. The minimum absolute atomic E-state index is 0.102. The van der Waals surface area contributed by atoms with Crippen LogP contribution in [0.3, 0.4) is 0 Å². The number of quaternary nitrogens is 1. The Hall–Kier alpha value is -1.47. The SMILES string of the molecule is CCCCCCCCCC(OC(=O)CC)[N+]1(C)CCC=C(c2nsnc2OCCCCCC)C1. The third-order valence-electron chi connectivity index (χ3n) is 6.87. The van der Waals surface area contributed by atoms with Crippen molar-refractivity contribution in [1.29, 1.82) is 0 Å². The maximum absolute atomic E-state index is 12.3. The number of nitrogens with zero attached hydrogens (tertiary/aromatic N) is 3. The number of carbonyl (C=O) groups is 1. The lowest BCUT2D eigenvalue weighted by atomic mass is 10.0. The van der Waals surface area contributed by atoms with E-state index < -0.39 is 0 Å². The van der Waals surface area contributed by atoms with Gasteiger partial charge >= 0.3 is 5.97 Å². The fourth-order valence-electron chi connectivity index (χ4n) is 4.66. The topological polar surface area (TPSA) is 61.3 Å². The summed E-state index contributed by atoms with van der Waals surface area (Å²) < 4.78 is 21.8. The van der Waals surface area contributed by atoms with Crippen molar-refractivity contribution in [2.24, 2.45) is 0 Å². The summed E-state index contributed by atoms with van der Waals surface area (Å²) in [6.45, 7) is 8.78. The van der Waals surface area contributed by atoms with Crippen LogP contribution >= 0.6 is 11.7 Å². The van der Waals surface area contributed by atoms with Gasteiger partial charge in [0, 0.05) is 24.8 Å². The molecule has 0 amide bonds. The summed E-state index contributed by atoms with van der Waals surface area (Å²) in [6.07, 6.45) is 18.0. The average Bonchev–Trinajstić information content (AvgIpc) is 3.31. The van der Waals surface area contributed by atoms with Crippen molar-refractivity contribution in [3.05, 3.63) is 11.8 Å². The summed E-state index contributed by atoms with van der Waals surface area (Å²) in [6, 6.07) is 0. The zero-order valence-electron chi connectivity index (χ0n) is 22.2. The normalized spacial score (nSPS) is 19.0. The Morgan fingerprint density at radius 3 is 2.38 bits per heavy atom. The number of rotatable bonds is 18. The summed E-state index contributed by atoms with van der Waals surface area (Å²) in [5.41, 5.74) is 2.05. The van der Waals surface area contributed by atoms with Gasteiger partial charge in [0.1, 0.15) is 12.2 Å². The molecule has 0 saturated carbocycles. The molecule has 1 aliphatic rings. The number of aromatic nitrogens is 2. The Morgan fingerprint density at radius 2 is 1.68 bits per heavy atom. The van der Waals surface area contributed by atoms with E-state index in [0.717, 1.165) is 44.5 Å². The van der Waals surface area contributed by atoms with Crippen LogP contribution in [-0.2, 0) is 9.53 Å². The zero-order valence-corrected chi connectivity index (χ0v) is 23.0. The molecule has 0 aromatic carbocycles. The van der Waals surface area contributed by atoms with Gasteiger partial charge in [0.2, 0.25) is 6.23 Å². The number of hydrogen-bond donors (Lipinski definition) is 0. The van der Waals surface area contributed by atoms with Gasteiger partial charge in [-0.2, -0.15) is 4.37 Å². The van der Waals surface area contributed by atoms with Crippen molar-refractivity contribution in [1.82, 2.24) is 8.75 Å². The first-order chi connectivity index (χ1) is 16.5. The summed E-state index contributed by atoms with van der Waals surface area (Å²) in [4.78, 5) is 12.3. The minimum Gasteiger partial charge on any atom is -0.475 e. The molecule has 1 aromatic heterocycles. The third-order valence-corrected chi connectivity index (χ3v) is 7.38. The van der Waals surface area contributed by atoms with Crippen LogP contribution in [0.25, 0.3) is 5.57 Å². The number of hydrogen-bond acceptors (Lipinski definition) is 6. The molecule has 0 saturated heterocycles. The lowest BCUT2D eigenvalue weighted by Crippen LogP contribution is -2.56. The number of ether oxygens (including phenoxy) is 2. The molecule has 2 heterocycles. The predicted molar refractivity (Wildman–Crippen MR) is 141 cm³/mol. The predicted octanol–water partition coefficient (Wildman–Crippen LogP) is 7.15. The Morgan fingerprint density at radius 1 is 1.00 bits per heavy atom. The van der Waals surface area contributed by atoms with Crippen LogP contribution in [0.1, 0.15) is 116 Å². The minimum atomic E-state index is -0.114. The Balaban J connectivity index is 1.98. The van der Waals surface area contributed by atoms with Gasteiger partial charge in [-0.25, -0.2) is 0 Å². The van der Waals surface area contributed by atoms with Gasteiger partial charge in [-0.1, -0.05) is 84.6 Å². The van der Waals surface area contributed by atoms with Crippen molar-refractivity contribution in [2.45, 2.75) is 117 Å². The van der Waals surface area contributed by atoms with Crippen molar-refractivity contribution in [3.8, 4) is 5.88 Å². The highest BCUT2D eigenvalue weighted by Gasteiger charge is 2.38. The van der Waals surface area contributed by atoms with Crippen LogP contribution in [-0.4, -0.2) is 52.2 Å². The first-order valence-electron chi connectivity index (χ1n) is 13.7. The quantitative estimate of drug-likeness (QED) is 0.123.